The molecule has 1 unspecified atom stereocenters. The van der Waals surface area contributed by atoms with E-state index in [1.165, 1.54) is 35.3 Å². The van der Waals surface area contributed by atoms with E-state index in [0.29, 0.717) is 0 Å². The minimum absolute atomic E-state index is 0.0440. The van der Waals surface area contributed by atoms with Crippen LogP contribution in [0.1, 0.15) is 45.6 Å². The maximum absolute atomic E-state index is 6.27. The molecule has 1 atom stereocenters. The normalized spacial score (nSPS) is 19.5. The number of rotatable bonds is 6. The Labute approximate surface area is 130 Å². The first-order valence-corrected chi connectivity index (χ1v) is 11.2. The van der Waals surface area contributed by atoms with Gasteiger partial charge in [-0.2, -0.15) is 0 Å². The van der Waals surface area contributed by atoms with Crippen molar-refractivity contribution in [2.45, 2.75) is 71.4 Å². The lowest BCUT2D eigenvalue weighted by Gasteiger charge is -2.32. The van der Waals surface area contributed by atoms with E-state index < -0.39 is 8.07 Å². The second-order valence-corrected chi connectivity index (χ2v) is 11.5. The van der Waals surface area contributed by atoms with Crippen molar-refractivity contribution in [3.63, 3.8) is 0 Å². The van der Waals surface area contributed by atoms with E-state index in [9.17, 15) is 0 Å². The van der Waals surface area contributed by atoms with Crippen LogP contribution in [0.4, 0.5) is 0 Å². The van der Waals surface area contributed by atoms with Gasteiger partial charge in [-0.3, -0.25) is 0 Å². The molecule has 1 fully saturated rings. The summed E-state index contributed by atoms with van der Waals surface area (Å²) in [6.07, 6.45) is 3.35. The minimum Gasteiger partial charge on any atom is -0.465 e. The summed E-state index contributed by atoms with van der Waals surface area (Å²) in [5, 5.41) is 1.50. The molecule has 21 heavy (non-hydrogen) atoms. The van der Waals surface area contributed by atoms with E-state index in [-0.39, 0.29) is 6.29 Å². The van der Waals surface area contributed by atoms with Gasteiger partial charge in [0.15, 0.2) is 6.29 Å². The van der Waals surface area contributed by atoms with Crippen LogP contribution in [0.25, 0.3) is 0 Å². The van der Waals surface area contributed by atoms with Crippen molar-refractivity contribution in [1.82, 2.24) is 0 Å². The molecule has 2 rings (SSSR count). The molecule has 3 heteroatoms. The van der Waals surface area contributed by atoms with Crippen LogP contribution in [0, 0.1) is 6.92 Å². The second-order valence-electron chi connectivity index (χ2n) is 6.25. The topological polar surface area (TPSA) is 18.5 Å². The lowest BCUT2D eigenvalue weighted by Crippen LogP contribution is -2.47. The fraction of sp³-hybridized carbons (Fsp3) is 0.667. The summed E-state index contributed by atoms with van der Waals surface area (Å²) in [6.45, 7) is 10.1. The van der Waals surface area contributed by atoms with Crippen LogP contribution in [0.3, 0.4) is 0 Å². The van der Waals surface area contributed by atoms with Gasteiger partial charge in [-0.25, -0.2) is 0 Å². The SMILES string of the molecule is CC[Si](CC)(CC)c1cc(C)ccc1OC1CCCCO1. The van der Waals surface area contributed by atoms with Crippen LogP contribution in [-0.4, -0.2) is 21.0 Å². The molecule has 2 nitrogen and oxygen atoms in total. The van der Waals surface area contributed by atoms with E-state index in [2.05, 4.69) is 45.9 Å². The number of ether oxygens (including phenoxy) is 2. The first kappa shape index (κ1) is 16.6. The molecule has 1 aliphatic heterocycles. The maximum Gasteiger partial charge on any atom is 0.199 e. The predicted octanol–water partition coefficient (Wildman–Crippen LogP) is 4.62. The zero-order chi connectivity index (χ0) is 15.3. The fourth-order valence-electron chi connectivity index (χ4n) is 3.43. The van der Waals surface area contributed by atoms with Crippen molar-refractivity contribution < 1.29 is 9.47 Å². The quantitative estimate of drug-likeness (QED) is 0.714. The van der Waals surface area contributed by atoms with Crippen molar-refractivity contribution in [1.29, 1.82) is 0 Å². The van der Waals surface area contributed by atoms with Gasteiger partial charge in [-0.1, -0.05) is 56.6 Å². The Morgan fingerprint density at radius 3 is 2.43 bits per heavy atom. The van der Waals surface area contributed by atoms with Gasteiger partial charge >= 0.3 is 0 Å². The maximum atomic E-state index is 6.27. The van der Waals surface area contributed by atoms with Crippen LogP contribution < -0.4 is 9.92 Å². The van der Waals surface area contributed by atoms with Gasteiger partial charge in [-0.05, 0) is 31.0 Å². The van der Waals surface area contributed by atoms with E-state index in [1.807, 2.05) is 0 Å². The molecule has 1 saturated heterocycles. The van der Waals surface area contributed by atoms with Gasteiger partial charge in [0.25, 0.3) is 0 Å². The molecule has 1 heterocycles. The Kier molecular flexibility index (Phi) is 5.88. The first-order chi connectivity index (χ1) is 10.1. The summed E-state index contributed by atoms with van der Waals surface area (Å²) in [5.41, 5.74) is 1.34. The first-order valence-electron chi connectivity index (χ1n) is 8.54. The third-order valence-corrected chi connectivity index (χ3v) is 10.7. The number of hydrogen-bond donors (Lipinski definition) is 0. The second kappa shape index (κ2) is 7.46. The molecule has 118 valence electrons. The monoisotopic (exact) mass is 306 g/mol. The molecular formula is C18H30O2Si. The van der Waals surface area contributed by atoms with Crippen LogP contribution in [0.15, 0.2) is 18.2 Å². The predicted molar refractivity (Wildman–Crippen MR) is 92.2 cm³/mol. The molecule has 0 aliphatic carbocycles. The van der Waals surface area contributed by atoms with Crippen LogP contribution in [0.5, 0.6) is 5.75 Å². The number of aryl methyl sites for hydroxylation is 1. The lowest BCUT2D eigenvalue weighted by molar-refractivity contribution is -0.105. The van der Waals surface area contributed by atoms with Crippen molar-refractivity contribution >= 4 is 13.3 Å². The third-order valence-electron chi connectivity index (χ3n) is 5.13. The van der Waals surface area contributed by atoms with Crippen molar-refractivity contribution in [3.8, 4) is 5.75 Å². The molecule has 0 spiro atoms. The Balaban J connectivity index is 2.32. The van der Waals surface area contributed by atoms with Crippen LogP contribution in [-0.2, 0) is 4.74 Å². The van der Waals surface area contributed by atoms with Crippen molar-refractivity contribution in [3.05, 3.63) is 23.8 Å². The van der Waals surface area contributed by atoms with Gasteiger partial charge in [-0.15, -0.1) is 0 Å². The van der Waals surface area contributed by atoms with Gasteiger partial charge in [0.1, 0.15) is 5.75 Å². The van der Waals surface area contributed by atoms with Crippen LogP contribution in [0.2, 0.25) is 18.1 Å². The molecule has 0 bridgehead atoms. The largest absolute Gasteiger partial charge is 0.465 e. The van der Waals surface area contributed by atoms with Gasteiger partial charge in [0, 0.05) is 6.42 Å². The molecule has 1 aliphatic rings. The third kappa shape index (κ3) is 3.70. The number of benzene rings is 1. The summed E-state index contributed by atoms with van der Waals surface area (Å²) < 4.78 is 12.0. The fourth-order valence-corrected chi connectivity index (χ4v) is 7.27. The number of hydrogen-bond acceptors (Lipinski definition) is 2. The minimum atomic E-state index is -1.43. The van der Waals surface area contributed by atoms with E-state index in [4.69, 9.17) is 9.47 Å². The molecule has 0 aromatic heterocycles. The highest BCUT2D eigenvalue weighted by molar-refractivity contribution is 6.92. The standard InChI is InChI=1S/C18H30O2Si/c1-5-21(6-2,7-3)17-14-15(4)11-12-16(17)20-18-10-8-9-13-19-18/h11-12,14,18H,5-10,13H2,1-4H3. The highest BCUT2D eigenvalue weighted by Crippen LogP contribution is 2.27. The molecule has 0 amide bonds. The van der Waals surface area contributed by atoms with E-state index >= 15 is 0 Å². The summed E-state index contributed by atoms with van der Waals surface area (Å²) in [7, 11) is -1.43. The Hall–Kier alpha value is -0.803. The average Bonchev–Trinajstić information content (AvgIpc) is 2.53. The smallest absolute Gasteiger partial charge is 0.199 e. The molecule has 0 radical (unpaired) electrons. The summed E-state index contributed by atoms with van der Waals surface area (Å²) in [4.78, 5) is 0. The molecule has 1 aromatic carbocycles. The van der Waals surface area contributed by atoms with Gasteiger partial charge in [0.05, 0.1) is 14.7 Å². The molecule has 0 saturated carbocycles. The van der Waals surface area contributed by atoms with Gasteiger partial charge < -0.3 is 9.47 Å². The average molecular weight is 307 g/mol. The highest BCUT2D eigenvalue weighted by atomic mass is 28.3. The zero-order valence-electron chi connectivity index (χ0n) is 14.1. The van der Waals surface area contributed by atoms with Gasteiger partial charge in [0.2, 0.25) is 0 Å². The Morgan fingerprint density at radius 2 is 1.86 bits per heavy atom. The molecule has 1 aromatic rings. The highest BCUT2D eigenvalue weighted by Gasteiger charge is 2.33. The zero-order valence-corrected chi connectivity index (χ0v) is 15.1. The van der Waals surface area contributed by atoms with E-state index in [1.54, 1.807) is 0 Å². The van der Waals surface area contributed by atoms with Crippen LogP contribution >= 0.6 is 0 Å². The summed E-state index contributed by atoms with van der Waals surface area (Å²) in [6, 6.07) is 10.6. The van der Waals surface area contributed by atoms with Crippen molar-refractivity contribution in [2.24, 2.45) is 0 Å². The van der Waals surface area contributed by atoms with E-state index in [0.717, 1.165) is 25.2 Å². The van der Waals surface area contributed by atoms with Crippen molar-refractivity contribution in [2.75, 3.05) is 6.61 Å². The lowest BCUT2D eigenvalue weighted by atomic mass is 10.2. The Bertz CT molecular complexity index is 440. The Morgan fingerprint density at radius 1 is 1.14 bits per heavy atom. The molecular weight excluding hydrogens is 276 g/mol. The molecule has 0 N–H and O–H groups in total. The summed E-state index contributed by atoms with van der Waals surface area (Å²) >= 11 is 0. The summed E-state index contributed by atoms with van der Waals surface area (Å²) in [5.74, 6) is 1.09.